The van der Waals surface area contributed by atoms with Gasteiger partial charge in [-0.3, -0.25) is 0 Å². The Labute approximate surface area is 121 Å². The summed E-state index contributed by atoms with van der Waals surface area (Å²) < 4.78 is 5.24. The Morgan fingerprint density at radius 3 is 2.45 bits per heavy atom. The van der Waals surface area contributed by atoms with E-state index in [9.17, 15) is 0 Å². The highest BCUT2D eigenvalue weighted by Gasteiger charge is 2.12. The minimum atomic E-state index is -0.124. The maximum Gasteiger partial charge on any atom is 0.119 e. The highest BCUT2D eigenvalue weighted by molar-refractivity contribution is 5.50. The molecule has 3 heteroatoms. The Balaban J connectivity index is 2.35. The summed E-state index contributed by atoms with van der Waals surface area (Å²) in [6, 6.07) is 14.2. The first-order valence-electron chi connectivity index (χ1n) is 6.70. The number of anilines is 1. The van der Waals surface area contributed by atoms with Crippen LogP contribution in [0.15, 0.2) is 42.5 Å². The largest absolute Gasteiger partial charge is 0.497 e. The van der Waals surface area contributed by atoms with E-state index in [2.05, 4.69) is 30.0 Å². The number of benzene rings is 2. The fourth-order valence-corrected chi connectivity index (χ4v) is 2.30. The average Bonchev–Trinajstić information content (AvgIpc) is 2.46. The first-order chi connectivity index (χ1) is 9.52. The average molecular weight is 270 g/mol. The van der Waals surface area contributed by atoms with Crippen molar-refractivity contribution in [2.45, 2.75) is 13.0 Å². The molecule has 0 saturated heterocycles. The molecule has 0 aliphatic rings. The van der Waals surface area contributed by atoms with E-state index >= 15 is 0 Å². The van der Waals surface area contributed by atoms with Crippen LogP contribution in [0.25, 0.3) is 0 Å². The lowest BCUT2D eigenvalue weighted by atomic mass is 9.95. The van der Waals surface area contributed by atoms with E-state index in [4.69, 9.17) is 10.5 Å². The van der Waals surface area contributed by atoms with Crippen molar-refractivity contribution in [1.29, 1.82) is 0 Å². The number of hydrogen-bond donors (Lipinski definition) is 1. The van der Waals surface area contributed by atoms with Crippen molar-refractivity contribution in [3.63, 3.8) is 0 Å². The Morgan fingerprint density at radius 2 is 1.85 bits per heavy atom. The summed E-state index contributed by atoms with van der Waals surface area (Å²) in [4.78, 5) is 2.08. The van der Waals surface area contributed by atoms with Gasteiger partial charge in [-0.1, -0.05) is 18.2 Å². The molecule has 2 N–H and O–H groups in total. The summed E-state index contributed by atoms with van der Waals surface area (Å²) in [6.07, 6.45) is 0. The SMILES string of the molecule is COc1ccc(C(N)c2cccc(N(C)C)c2)c(C)c1. The quantitative estimate of drug-likeness (QED) is 0.927. The highest BCUT2D eigenvalue weighted by atomic mass is 16.5. The van der Waals surface area contributed by atoms with Crippen molar-refractivity contribution in [3.05, 3.63) is 59.2 Å². The molecule has 2 aromatic rings. The summed E-state index contributed by atoms with van der Waals surface area (Å²) in [5, 5.41) is 0. The summed E-state index contributed by atoms with van der Waals surface area (Å²) >= 11 is 0. The molecule has 0 amide bonds. The summed E-state index contributed by atoms with van der Waals surface area (Å²) in [6.45, 7) is 2.06. The number of hydrogen-bond acceptors (Lipinski definition) is 3. The molecule has 0 aliphatic carbocycles. The Morgan fingerprint density at radius 1 is 1.10 bits per heavy atom. The van der Waals surface area contributed by atoms with Gasteiger partial charge in [0.25, 0.3) is 0 Å². The van der Waals surface area contributed by atoms with Gasteiger partial charge in [0.15, 0.2) is 0 Å². The van der Waals surface area contributed by atoms with Crippen LogP contribution in [-0.4, -0.2) is 21.2 Å². The van der Waals surface area contributed by atoms with Crippen molar-refractivity contribution in [2.24, 2.45) is 5.73 Å². The molecular formula is C17H22N2O. The van der Waals surface area contributed by atoms with Crippen LogP contribution in [0.1, 0.15) is 22.7 Å². The van der Waals surface area contributed by atoms with Crippen molar-refractivity contribution in [1.82, 2.24) is 0 Å². The second kappa shape index (κ2) is 5.97. The topological polar surface area (TPSA) is 38.5 Å². The van der Waals surface area contributed by atoms with Crippen molar-refractivity contribution >= 4 is 5.69 Å². The monoisotopic (exact) mass is 270 g/mol. The zero-order valence-corrected chi connectivity index (χ0v) is 12.6. The Bertz CT molecular complexity index is 593. The van der Waals surface area contributed by atoms with Crippen LogP contribution in [0.2, 0.25) is 0 Å². The number of nitrogens with two attached hydrogens (primary N) is 1. The zero-order valence-electron chi connectivity index (χ0n) is 12.6. The molecule has 106 valence electrons. The van der Waals surface area contributed by atoms with E-state index < -0.39 is 0 Å². The van der Waals surface area contributed by atoms with Crippen LogP contribution in [-0.2, 0) is 0 Å². The van der Waals surface area contributed by atoms with E-state index in [1.807, 2.05) is 38.4 Å². The van der Waals surface area contributed by atoms with Gasteiger partial charge in [-0.15, -0.1) is 0 Å². The molecule has 0 radical (unpaired) electrons. The van der Waals surface area contributed by atoms with Gasteiger partial charge >= 0.3 is 0 Å². The molecule has 0 bridgehead atoms. The van der Waals surface area contributed by atoms with E-state index in [0.29, 0.717) is 0 Å². The minimum absolute atomic E-state index is 0.124. The fraction of sp³-hybridized carbons (Fsp3) is 0.294. The van der Waals surface area contributed by atoms with Gasteiger partial charge in [-0.2, -0.15) is 0 Å². The smallest absolute Gasteiger partial charge is 0.119 e. The third-order valence-corrected chi connectivity index (χ3v) is 3.56. The minimum Gasteiger partial charge on any atom is -0.497 e. The van der Waals surface area contributed by atoms with Crippen molar-refractivity contribution in [2.75, 3.05) is 26.1 Å². The second-order valence-electron chi connectivity index (χ2n) is 5.19. The zero-order chi connectivity index (χ0) is 14.7. The predicted octanol–water partition coefficient (Wildman–Crippen LogP) is 3.12. The van der Waals surface area contributed by atoms with Crippen LogP contribution >= 0.6 is 0 Å². The maximum atomic E-state index is 6.42. The van der Waals surface area contributed by atoms with E-state index in [0.717, 1.165) is 28.1 Å². The molecule has 20 heavy (non-hydrogen) atoms. The predicted molar refractivity (Wildman–Crippen MR) is 84.5 cm³/mol. The van der Waals surface area contributed by atoms with Gasteiger partial charge in [0.05, 0.1) is 13.2 Å². The van der Waals surface area contributed by atoms with Gasteiger partial charge < -0.3 is 15.4 Å². The van der Waals surface area contributed by atoms with Gasteiger partial charge in [-0.25, -0.2) is 0 Å². The van der Waals surface area contributed by atoms with Gasteiger partial charge in [-0.05, 0) is 47.9 Å². The fourth-order valence-electron chi connectivity index (χ4n) is 2.30. The van der Waals surface area contributed by atoms with E-state index in [1.54, 1.807) is 7.11 Å². The number of methoxy groups -OCH3 is 1. The molecule has 0 heterocycles. The molecule has 1 unspecified atom stereocenters. The van der Waals surface area contributed by atoms with Gasteiger partial charge in [0.2, 0.25) is 0 Å². The molecule has 1 atom stereocenters. The highest BCUT2D eigenvalue weighted by Crippen LogP contribution is 2.27. The first kappa shape index (κ1) is 14.4. The molecule has 0 aliphatic heterocycles. The van der Waals surface area contributed by atoms with Crippen LogP contribution in [0.4, 0.5) is 5.69 Å². The maximum absolute atomic E-state index is 6.42. The molecule has 0 fully saturated rings. The number of aryl methyl sites for hydroxylation is 1. The van der Waals surface area contributed by atoms with Crippen LogP contribution in [0.3, 0.4) is 0 Å². The molecule has 0 saturated carbocycles. The lowest BCUT2D eigenvalue weighted by Gasteiger charge is -2.19. The van der Waals surface area contributed by atoms with Crippen LogP contribution in [0, 0.1) is 6.92 Å². The van der Waals surface area contributed by atoms with E-state index in [1.165, 1.54) is 0 Å². The van der Waals surface area contributed by atoms with Gasteiger partial charge in [0, 0.05) is 19.8 Å². The van der Waals surface area contributed by atoms with E-state index in [-0.39, 0.29) is 6.04 Å². The third-order valence-electron chi connectivity index (χ3n) is 3.56. The summed E-state index contributed by atoms with van der Waals surface area (Å²) in [5.41, 5.74) is 11.0. The second-order valence-corrected chi connectivity index (χ2v) is 5.19. The molecule has 3 nitrogen and oxygen atoms in total. The molecule has 2 aromatic carbocycles. The van der Waals surface area contributed by atoms with Crippen LogP contribution < -0.4 is 15.4 Å². The molecule has 2 rings (SSSR count). The number of ether oxygens (including phenoxy) is 1. The normalized spacial score (nSPS) is 12.1. The lowest BCUT2D eigenvalue weighted by Crippen LogP contribution is -2.15. The van der Waals surface area contributed by atoms with Crippen molar-refractivity contribution in [3.8, 4) is 5.75 Å². The first-order valence-corrected chi connectivity index (χ1v) is 6.70. The van der Waals surface area contributed by atoms with Gasteiger partial charge in [0.1, 0.15) is 5.75 Å². The third kappa shape index (κ3) is 2.94. The summed E-state index contributed by atoms with van der Waals surface area (Å²) in [5.74, 6) is 0.862. The number of rotatable bonds is 4. The number of nitrogens with zero attached hydrogens (tertiary/aromatic N) is 1. The molecular weight excluding hydrogens is 248 g/mol. The molecule has 0 spiro atoms. The lowest BCUT2D eigenvalue weighted by molar-refractivity contribution is 0.414. The van der Waals surface area contributed by atoms with Crippen molar-refractivity contribution < 1.29 is 4.74 Å². The summed E-state index contributed by atoms with van der Waals surface area (Å²) in [7, 11) is 5.74. The standard InChI is InChI=1S/C17H22N2O/c1-12-10-15(20-4)8-9-16(12)17(18)13-6-5-7-14(11-13)19(2)3/h5-11,17H,18H2,1-4H3. The molecule has 0 aromatic heterocycles. The Hall–Kier alpha value is -2.00. The van der Waals surface area contributed by atoms with Crippen LogP contribution in [0.5, 0.6) is 5.75 Å². The Kier molecular flexibility index (Phi) is 4.30.